The molecule has 0 bridgehead atoms. The van der Waals surface area contributed by atoms with Crippen LogP contribution in [-0.4, -0.2) is 40.9 Å². The number of methoxy groups -OCH3 is 1. The van der Waals surface area contributed by atoms with Gasteiger partial charge in [0.2, 0.25) is 0 Å². The Morgan fingerprint density at radius 2 is 2.15 bits per heavy atom. The number of hydrogen-bond donors (Lipinski definition) is 1. The van der Waals surface area contributed by atoms with Crippen LogP contribution >= 0.6 is 0 Å². The summed E-state index contributed by atoms with van der Waals surface area (Å²) >= 11 is 0. The Balaban J connectivity index is 2.07. The third-order valence-corrected chi connectivity index (χ3v) is 3.42. The van der Waals surface area contributed by atoms with Gasteiger partial charge in [-0.1, -0.05) is 11.2 Å². The van der Waals surface area contributed by atoms with E-state index in [0.29, 0.717) is 6.54 Å². The number of nitro groups is 1. The van der Waals surface area contributed by atoms with Gasteiger partial charge in [0, 0.05) is 38.5 Å². The van der Waals surface area contributed by atoms with Gasteiger partial charge >= 0.3 is 5.69 Å². The van der Waals surface area contributed by atoms with Crippen molar-refractivity contribution in [1.29, 1.82) is 0 Å². The number of likely N-dealkylation sites (tertiary alicyclic amines) is 1. The first kappa shape index (κ1) is 14.3. The summed E-state index contributed by atoms with van der Waals surface area (Å²) < 4.78 is 4.98. The van der Waals surface area contributed by atoms with E-state index in [-0.39, 0.29) is 11.4 Å². The van der Waals surface area contributed by atoms with Crippen LogP contribution in [0.2, 0.25) is 0 Å². The quantitative estimate of drug-likeness (QED) is 0.517. The Morgan fingerprint density at radius 3 is 2.70 bits per heavy atom. The van der Waals surface area contributed by atoms with Crippen LogP contribution < -0.4 is 4.74 Å². The average molecular weight is 279 g/mol. The molecule has 0 unspecified atom stereocenters. The van der Waals surface area contributed by atoms with Crippen LogP contribution in [0.4, 0.5) is 5.69 Å². The fourth-order valence-electron chi connectivity index (χ4n) is 2.30. The van der Waals surface area contributed by atoms with E-state index in [1.165, 1.54) is 7.11 Å². The molecule has 0 saturated carbocycles. The summed E-state index contributed by atoms with van der Waals surface area (Å²) in [6.07, 6.45) is 1.46. The highest BCUT2D eigenvalue weighted by Crippen LogP contribution is 2.28. The minimum atomic E-state index is -0.435. The van der Waals surface area contributed by atoms with Crippen LogP contribution in [-0.2, 0) is 6.54 Å². The number of benzene rings is 1. The first-order valence-corrected chi connectivity index (χ1v) is 6.37. The Bertz CT molecular complexity index is 520. The van der Waals surface area contributed by atoms with Crippen molar-refractivity contribution >= 4 is 11.4 Å². The predicted molar refractivity (Wildman–Crippen MR) is 73.4 cm³/mol. The van der Waals surface area contributed by atoms with Gasteiger partial charge in [-0.05, 0) is 11.6 Å². The zero-order valence-corrected chi connectivity index (χ0v) is 11.3. The lowest BCUT2D eigenvalue weighted by atomic mass is 10.1. The number of rotatable bonds is 4. The summed E-state index contributed by atoms with van der Waals surface area (Å²) in [5.41, 5.74) is 1.67. The van der Waals surface area contributed by atoms with Crippen molar-refractivity contribution in [1.82, 2.24) is 4.90 Å². The Hall–Kier alpha value is -2.15. The third-order valence-electron chi connectivity index (χ3n) is 3.42. The molecule has 1 aromatic carbocycles. The first-order chi connectivity index (χ1) is 9.63. The average Bonchev–Trinajstić information content (AvgIpc) is 2.48. The van der Waals surface area contributed by atoms with Crippen LogP contribution in [0.3, 0.4) is 0 Å². The zero-order valence-electron chi connectivity index (χ0n) is 11.3. The summed E-state index contributed by atoms with van der Waals surface area (Å²) in [7, 11) is 1.42. The van der Waals surface area contributed by atoms with Gasteiger partial charge < -0.3 is 9.94 Å². The van der Waals surface area contributed by atoms with Gasteiger partial charge in [0.25, 0.3) is 0 Å². The minimum absolute atomic E-state index is 0.0142. The lowest BCUT2D eigenvalue weighted by Crippen LogP contribution is -2.33. The molecule has 0 atom stereocenters. The van der Waals surface area contributed by atoms with Crippen molar-refractivity contribution in [2.75, 3.05) is 20.2 Å². The number of oxime groups is 1. The summed E-state index contributed by atoms with van der Waals surface area (Å²) in [4.78, 5) is 12.7. The maximum atomic E-state index is 11.0. The van der Waals surface area contributed by atoms with Gasteiger partial charge in [0.15, 0.2) is 5.75 Å². The molecular weight excluding hydrogens is 262 g/mol. The molecule has 1 fully saturated rings. The third kappa shape index (κ3) is 3.24. The molecule has 1 N–H and O–H groups in total. The van der Waals surface area contributed by atoms with Crippen LogP contribution in [0.1, 0.15) is 18.4 Å². The number of hydrogen-bond acceptors (Lipinski definition) is 6. The summed E-state index contributed by atoms with van der Waals surface area (Å²) in [5.74, 6) is 0.270. The van der Waals surface area contributed by atoms with Crippen molar-refractivity contribution in [2.24, 2.45) is 5.16 Å². The molecule has 108 valence electrons. The normalized spacial score (nSPS) is 15.9. The van der Waals surface area contributed by atoms with Gasteiger partial charge in [-0.3, -0.25) is 15.0 Å². The molecule has 1 aliphatic rings. The largest absolute Gasteiger partial charge is 0.490 e. The van der Waals surface area contributed by atoms with Crippen molar-refractivity contribution in [2.45, 2.75) is 19.4 Å². The van der Waals surface area contributed by atoms with E-state index in [1.807, 2.05) is 6.07 Å². The van der Waals surface area contributed by atoms with E-state index in [0.717, 1.165) is 37.2 Å². The van der Waals surface area contributed by atoms with E-state index in [9.17, 15) is 10.1 Å². The highest BCUT2D eigenvalue weighted by molar-refractivity contribution is 5.84. The van der Waals surface area contributed by atoms with Crippen LogP contribution in [0.25, 0.3) is 0 Å². The second-order valence-corrected chi connectivity index (χ2v) is 4.71. The molecule has 2 rings (SSSR count). The van der Waals surface area contributed by atoms with E-state index in [1.54, 1.807) is 12.1 Å². The summed E-state index contributed by atoms with van der Waals surface area (Å²) in [6, 6.07) is 5.01. The fraction of sp³-hybridized carbons (Fsp3) is 0.462. The number of nitrogens with zero attached hydrogens (tertiary/aromatic N) is 3. The van der Waals surface area contributed by atoms with Gasteiger partial charge in [0.1, 0.15) is 0 Å². The highest BCUT2D eigenvalue weighted by Gasteiger charge is 2.19. The summed E-state index contributed by atoms with van der Waals surface area (Å²) in [5, 5.41) is 22.9. The molecule has 0 spiro atoms. The Labute approximate surface area is 116 Å². The van der Waals surface area contributed by atoms with Crippen molar-refractivity contribution in [3.05, 3.63) is 33.9 Å². The predicted octanol–water partition coefficient (Wildman–Crippen LogP) is 2.03. The van der Waals surface area contributed by atoms with Crippen molar-refractivity contribution < 1.29 is 14.9 Å². The Kier molecular flexibility index (Phi) is 4.52. The molecule has 0 radical (unpaired) electrons. The minimum Gasteiger partial charge on any atom is -0.490 e. The van der Waals surface area contributed by atoms with E-state index >= 15 is 0 Å². The van der Waals surface area contributed by atoms with Crippen LogP contribution in [0.5, 0.6) is 5.75 Å². The monoisotopic (exact) mass is 279 g/mol. The molecule has 1 aromatic rings. The second kappa shape index (κ2) is 6.33. The standard InChI is InChI=1S/C13H17N3O4/c1-20-13-3-2-10(8-12(13)16(18)19)9-15-6-4-11(14-17)5-7-15/h2-3,8,17H,4-7,9H2,1H3. The lowest BCUT2D eigenvalue weighted by molar-refractivity contribution is -0.385. The van der Waals surface area contributed by atoms with Gasteiger partial charge in [-0.25, -0.2) is 0 Å². The SMILES string of the molecule is COc1ccc(CN2CCC(=NO)CC2)cc1[N+](=O)[O-]. The number of nitro benzene ring substituents is 1. The van der Waals surface area contributed by atoms with Crippen molar-refractivity contribution in [3.63, 3.8) is 0 Å². The van der Waals surface area contributed by atoms with Gasteiger partial charge in [-0.15, -0.1) is 0 Å². The molecule has 1 aliphatic heterocycles. The van der Waals surface area contributed by atoms with E-state index < -0.39 is 4.92 Å². The number of ether oxygens (including phenoxy) is 1. The highest BCUT2D eigenvalue weighted by atomic mass is 16.6. The second-order valence-electron chi connectivity index (χ2n) is 4.71. The smallest absolute Gasteiger partial charge is 0.311 e. The van der Waals surface area contributed by atoms with Crippen molar-refractivity contribution in [3.8, 4) is 5.75 Å². The van der Waals surface area contributed by atoms with Crippen LogP contribution in [0.15, 0.2) is 23.4 Å². The molecular formula is C13H17N3O4. The molecule has 1 heterocycles. The fourth-order valence-corrected chi connectivity index (χ4v) is 2.30. The van der Waals surface area contributed by atoms with Gasteiger partial charge in [0.05, 0.1) is 17.7 Å². The number of piperidine rings is 1. The maximum Gasteiger partial charge on any atom is 0.311 e. The van der Waals surface area contributed by atoms with Gasteiger partial charge in [-0.2, -0.15) is 0 Å². The summed E-state index contributed by atoms with van der Waals surface area (Å²) in [6.45, 7) is 2.22. The molecule has 0 aliphatic carbocycles. The zero-order chi connectivity index (χ0) is 14.5. The molecule has 7 nitrogen and oxygen atoms in total. The molecule has 0 aromatic heterocycles. The maximum absolute atomic E-state index is 11.0. The topological polar surface area (TPSA) is 88.2 Å². The molecule has 1 saturated heterocycles. The van der Waals surface area contributed by atoms with E-state index in [2.05, 4.69) is 10.1 Å². The molecule has 0 amide bonds. The van der Waals surface area contributed by atoms with E-state index in [4.69, 9.17) is 9.94 Å². The molecule has 20 heavy (non-hydrogen) atoms. The first-order valence-electron chi connectivity index (χ1n) is 6.37. The lowest BCUT2D eigenvalue weighted by Gasteiger charge is -2.26. The molecule has 7 heteroatoms. The Morgan fingerprint density at radius 1 is 1.45 bits per heavy atom. The van der Waals surface area contributed by atoms with Crippen LogP contribution in [0, 0.1) is 10.1 Å².